The Labute approximate surface area is 91.2 Å². The van der Waals surface area contributed by atoms with Gasteiger partial charge in [-0.15, -0.1) is 0 Å². The molecule has 0 aromatic heterocycles. The van der Waals surface area contributed by atoms with E-state index in [0.717, 1.165) is 12.8 Å². The Hall–Kier alpha value is -0.990. The number of carbonyl (C=O) groups is 3. The molecule has 0 aliphatic heterocycles. The fourth-order valence-electron chi connectivity index (χ4n) is 1.65. The zero-order valence-electron chi connectivity index (χ0n) is 9.79. The van der Waals surface area contributed by atoms with Gasteiger partial charge in [-0.25, -0.2) is 0 Å². The Morgan fingerprint density at radius 1 is 1.07 bits per heavy atom. The van der Waals surface area contributed by atoms with Crippen LogP contribution in [0.25, 0.3) is 0 Å². The Morgan fingerprint density at radius 2 is 1.47 bits per heavy atom. The molecule has 1 atom stereocenters. The van der Waals surface area contributed by atoms with E-state index < -0.39 is 11.8 Å². The van der Waals surface area contributed by atoms with Gasteiger partial charge in [-0.2, -0.15) is 0 Å². The van der Waals surface area contributed by atoms with Crippen LogP contribution in [0.2, 0.25) is 0 Å². The molecule has 0 bridgehead atoms. The second kappa shape index (κ2) is 7.32. The third-order valence-corrected chi connectivity index (χ3v) is 2.43. The third kappa shape index (κ3) is 4.36. The second-order valence-corrected chi connectivity index (χ2v) is 3.91. The van der Waals surface area contributed by atoms with Crippen LogP contribution in [0, 0.1) is 11.8 Å². The van der Waals surface area contributed by atoms with Gasteiger partial charge in [0.05, 0.1) is 5.92 Å². The van der Waals surface area contributed by atoms with Crippen LogP contribution in [0.4, 0.5) is 0 Å². The van der Waals surface area contributed by atoms with Crippen molar-refractivity contribution < 1.29 is 14.4 Å². The van der Waals surface area contributed by atoms with Crippen LogP contribution in [-0.4, -0.2) is 17.9 Å². The van der Waals surface area contributed by atoms with E-state index in [-0.39, 0.29) is 11.6 Å². The van der Waals surface area contributed by atoms with Crippen molar-refractivity contribution >= 4 is 17.9 Å². The van der Waals surface area contributed by atoms with Crippen LogP contribution in [-0.2, 0) is 14.4 Å². The lowest BCUT2D eigenvalue weighted by molar-refractivity contribution is -0.137. The van der Waals surface area contributed by atoms with Crippen molar-refractivity contribution in [2.24, 2.45) is 11.8 Å². The first-order chi connectivity index (χ1) is 7.08. The van der Waals surface area contributed by atoms with Gasteiger partial charge in [0.15, 0.2) is 0 Å². The van der Waals surface area contributed by atoms with Crippen molar-refractivity contribution in [3.8, 4) is 0 Å². The minimum Gasteiger partial charge on any atom is -0.303 e. The highest BCUT2D eigenvalue weighted by atomic mass is 16.2. The van der Waals surface area contributed by atoms with Gasteiger partial charge >= 0.3 is 0 Å². The number of Topliss-reactive ketones (excluding diaryl/α,β-unsaturated/α-hetero) is 2. The van der Waals surface area contributed by atoms with E-state index in [0.29, 0.717) is 19.1 Å². The standard InChI is InChI=1S/C12H20O3/c1-4-6-10(14)12(9(3)8-13)11(15)7-5-2/h8-9,12H,4-7H2,1-3H3. The van der Waals surface area contributed by atoms with Gasteiger partial charge in [0, 0.05) is 18.8 Å². The Kier molecular flexibility index (Phi) is 6.84. The SMILES string of the molecule is CCCC(=O)C(C(=O)CCC)C(C)C=O. The first-order valence-corrected chi connectivity index (χ1v) is 5.59. The minimum absolute atomic E-state index is 0.0875. The van der Waals surface area contributed by atoms with Gasteiger partial charge in [0.25, 0.3) is 0 Å². The van der Waals surface area contributed by atoms with Gasteiger partial charge in [0.2, 0.25) is 0 Å². The number of hydrogen-bond donors (Lipinski definition) is 0. The first kappa shape index (κ1) is 14.0. The predicted molar refractivity (Wildman–Crippen MR) is 58.5 cm³/mol. The molecule has 0 heterocycles. The number of aldehydes is 1. The van der Waals surface area contributed by atoms with Gasteiger partial charge in [-0.1, -0.05) is 20.8 Å². The molecule has 0 amide bonds. The molecule has 0 fully saturated rings. The van der Waals surface area contributed by atoms with Crippen molar-refractivity contribution in [3.63, 3.8) is 0 Å². The fourth-order valence-corrected chi connectivity index (χ4v) is 1.65. The van der Waals surface area contributed by atoms with Gasteiger partial charge in [-0.05, 0) is 12.8 Å². The quantitative estimate of drug-likeness (QED) is 0.457. The van der Waals surface area contributed by atoms with Gasteiger partial charge in [0.1, 0.15) is 17.9 Å². The molecule has 0 aliphatic carbocycles. The summed E-state index contributed by atoms with van der Waals surface area (Å²) < 4.78 is 0. The van der Waals surface area contributed by atoms with E-state index in [1.54, 1.807) is 6.92 Å². The van der Waals surface area contributed by atoms with Crippen molar-refractivity contribution in [3.05, 3.63) is 0 Å². The zero-order valence-corrected chi connectivity index (χ0v) is 9.79. The van der Waals surface area contributed by atoms with E-state index in [9.17, 15) is 14.4 Å². The molecule has 0 aliphatic rings. The van der Waals surface area contributed by atoms with Crippen LogP contribution >= 0.6 is 0 Å². The van der Waals surface area contributed by atoms with Crippen LogP contribution in [0.3, 0.4) is 0 Å². The molecule has 86 valence electrons. The van der Waals surface area contributed by atoms with E-state index in [2.05, 4.69) is 0 Å². The highest BCUT2D eigenvalue weighted by molar-refractivity contribution is 6.04. The van der Waals surface area contributed by atoms with E-state index in [1.807, 2.05) is 13.8 Å². The second-order valence-electron chi connectivity index (χ2n) is 3.91. The fraction of sp³-hybridized carbons (Fsp3) is 0.750. The minimum atomic E-state index is -0.706. The molecular weight excluding hydrogens is 192 g/mol. The van der Waals surface area contributed by atoms with E-state index in [1.165, 1.54) is 0 Å². The molecule has 0 aromatic rings. The molecule has 0 spiro atoms. The van der Waals surface area contributed by atoms with Crippen molar-refractivity contribution in [1.82, 2.24) is 0 Å². The molecule has 3 nitrogen and oxygen atoms in total. The zero-order chi connectivity index (χ0) is 11.8. The monoisotopic (exact) mass is 212 g/mol. The Balaban J connectivity index is 4.63. The summed E-state index contributed by atoms with van der Waals surface area (Å²) in [5.74, 6) is -1.36. The maximum atomic E-state index is 11.7. The molecule has 0 radical (unpaired) electrons. The molecule has 0 rings (SSSR count). The number of ketones is 2. The molecule has 0 saturated heterocycles. The highest BCUT2D eigenvalue weighted by Gasteiger charge is 2.29. The lowest BCUT2D eigenvalue weighted by Crippen LogP contribution is -2.30. The molecule has 0 aromatic carbocycles. The first-order valence-electron chi connectivity index (χ1n) is 5.59. The third-order valence-electron chi connectivity index (χ3n) is 2.43. The summed E-state index contributed by atoms with van der Waals surface area (Å²) in [7, 11) is 0. The molecule has 0 saturated carbocycles. The molecule has 15 heavy (non-hydrogen) atoms. The highest BCUT2D eigenvalue weighted by Crippen LogP contribution is 2.17. The van der Waals surface area contributed by atoms with E-state index in [4.69, 9.17) is 0 Å². The van der Waals surface area contributed by atoms with Crippen LogP contribution in [0.1, 0.15) is 46.5 Å². The predicted octanol–water partition coefficient (Wildman–Crippen LogP) is 2.18. The Bertz CT molecular complexity index is 215. The maximum Gasteiger partial charge on any atom is 0.144 e. The lowest BCUT2D eigenvalue weighted by atomic mass is 9.84. The van der Waals surface area contributed by atoms with Crippen LogP contribution < -0.4 is 0 Å². The average Bonchev–Trinajstić information content (AvgIpc) is 2.18. The number of carbonyl (C=O) groups excluding carboxylic acids is 3. The van der Waals surface area contributed by atoms with Crippen molar-refractivity contribution in [2.75, 3.05) is 0 Å². The summed E-state index contributed by atoms with van der Waals surface area (Å²) in [5.41, 5.74) is 0. The maximum absolute atomic E-state index is 11.7. The van der Waals surface area contributed by atoms with E-state index >= 15 is 0 Å². The van der Waals surface area contributed by atoms with Crippen LogP contribution in [0.15, 0.2) is 0 Å². The van der Waals surface area contributed by atoms with Gasteiger partial charge < -0.3 is 4.79 Å². The molecule has 1 unspecified atom stereocenters. The van der Waals surface area contributed by atoms with Crippen molar-refractivity contribution in [1.29, 1.82) is 0 Å². The van der Waals surface area contributed by atoms with Crippen LogP contribution in [0.5, 0.6) is 0 Å². The van der Waals surface area contributed by atoms with Gasteiger partial charge in [-0.3, -0.25) is 9.59 Å². The number of hydrogen-bond acceptors (Lipinski definition) is 3. The summed E-state index contributed by atoms with van der Waals surface area (Å²) in [5, 5.41) is 0. The lowest BCUT2D eigenvalue weighted by Gasteiger charge is -2.16. The average molecular weight is 212 g/mol. The summed E-state index contributed by atoms with van der Waals surface area (Å²) in [4.78, 5) is 34.0. The smallest absolute Gasteiger partial charge is 0.144 e. The summed E-state index contributed by atoms with van der Waals surface area (Å²) in [6.07, 6.45) is 2.92. The topological polar surface area (TPSA) is 51.2 Å². The molecule has 0 N–H and O–H groups in total. The molecule has 3 heteroatoms. The normalized spacial score (nSPS) is 12.5. The molecular formula is C12H20O3. The number of rotatable bonds is 8. The summed E-state index contributed by atoms with van der Waals surface area (Å²) in [6, 6.07) is 0. The largest absolute Gasteiger partial charge is 0.303 e. The van der Waals surface area contributed by atoms with Crippen molar-refractivity contribution in [2.45, 2.75) is 46.5 Å². The Morgan fingerprint density at radius 3 is 1.73 bits per heavy atom. The summed E-state index contributed by atoms with van der Waals surface area (Å²) in [6.45, 7) is 5.43. The summed E-state index contributed by atoms with van der Waals surface area (Å²) >= 11 is 0.